The fourth-order valence-electron chi connectivity index (χ4n) is 1.90. The Morgan fingerprint density at radius 2 is 1.57 bits per heavy atom. The Hall–Kier alpha value is -1.89. The minimum absolute atomic E-state index is 0.149. The monoisotopic (exact) mass is 352 g/mol. The van der Waals surface area contributed by atoms with Crippen molar-refractivity contribution < 1.29 is 13.2 Å². The third kappa shape index (κ3) is 4.79. The van der Waals surface area contributed by atoms with E-state index in [1.807, 2.05) is 0 Å². The van der Waals surface area contributed by atoms with Crippen molar-refractivity contribution in [2.24, 2.45) is 0 Å². The van der Waals surface area contributed by atoms with Crippen LogP contribution in [0, 0.1) is 0 Å². The molecule has 0 aliphatic carbocycles. The van der Waals surface area contributed by atoms with Gasteiger partial charge in [0, 0.05) is 22.3 Å². The van der Waals surface area contributed by atoms with E-state index in [9.17, 15) is 13.2 Å². The molecule has 0 saturated carbocycles. The topological polar surface area (TPSA) is 75.3 Å². The molecule has 2 N–H and O–H groups in total. The van der Waals surface area contributed by atoms with Gasteiger partial charge in [0.1, 0.15) is 0 Å². The smallest absolute Gasteiger partial charge is 0.255 e. The first-order valence-electron chi connectivity index (χ1n) is 6.97. The zero-order valence-electron chi connectivity index (χ0n) is 12.7. The van der Waals surface area contributed by atoms with Crippen LogP contribution in [0.3, 0.4) is 0 Å². The lowest BCUT2D eigenvalue weighted by Gasteiger charge is -2.10. The molecule has 23 heavy (non-hydrogen) atoms. The summed E-state index contributed by atoms with van der Waals surface area (Å²) in [5.74, 6) is -0.294. The number of anilines is 1. The van der Waals surface area contributed by atoms with Gasteiger partial charge in [-0.15, -0.1) is 0 Å². The van der Waals surface area contributed by atoms with Crippen LogP contribution >= 0.6 is 11.6 Å². The lowest BCUT2D eigenvalue weighted by Crippen LogP contribution is -2.30. The van der Waals surface area contributed by atoms with E-state index in [4.69, 9.17) is 11.6 Å². The van der Waals surface area contributed by atoms with E-state index in [1.165, 1.54) is 12.1 Å². The molecule has 7 heteroatoms. The van der Waals surface area contributed by atoms with Crippen LogP contribution in [0.15, 0.2) is 53.4 Å². The largest absolute Gasteiger partial charge is 0.322 e. The molecule has 0 bridgehead atoms. The predicted octanol–water partition coefficient (Wildman–Crippen LogP) is 3.28. The molecule has 2 rings (SSSR count). The second-order valence-electron chi connectivity index (χ2n) is 5.26. The summed E-state index contributed by atoms with van der Waals surface area (Å²) in [7, 11) is -3.54. The summed E-state index contributed by atoms with van der Waals surface area (Å²) in [6.07, 6.45) is 0. The molecule has 0 unspecified atom stereocenters. The zero-order chi connectivity index (χ0) is 17.0. The van der Waals surface area contributed by atoms with Gasteiger partial charge in [-0.25, -0.2) is 13.1 Å². The van der Waals surface area contributed by atoms with Gasteiger partial charge in [-0.2, -0.15) is 0 Å². The standard InChI is InChI=1S/C16H17ClN2O3S/c1-11(2)19-23(21,22)15-9-7-14(8-10-15)18-16(20)12-3-5-13(17)6-4-12/h3-11,19H,1-2H3,(H,18,20). The van der Waals surface area contributed by atoms with Crippen molar-refractivity contribution in [3.8, 4) is 0 Å². The van der Waals surface area contributed by atoms with Crippen molar-refractivity contribution >= 4 is 33.2 Å². The van der Waals surface area contributed by atoms with Crippen LogP contribution in [0.4, 0.5) is 5.69 Å². The third-order valence-electron chi connectivity index (χ3n) is 2.92. The average molecular weight is 353 g/mol. The van der Waals surface area contributed by atoms with Crippen LogP contribution in [0.5, 0.6) is 0 Å². The first kappa shape index (κ1) is 17.5. The quantitative estimate of drug-likeness (QED) is 0.867. The molecule has 0 heterocycles. The van der Waals surface area contributed by atoms with Gasteiger partial charge < -0.3 is 5.32 Å². The molecule has 0 atom stereocenters. The highest BCUT2D eigenvalue weighted by Crippen LogP contribution is 2.16. The van der Waals surface area contributed by atoms with Crippen molar-refractivity contribution in [2.75, 3.05) is 5.32 Å². The second kappa shape index (κ2) is 7.12. The van der Waals surface area contributed by atoms with Crippen molar-refractivity contribution in [1.82, 2.24) is 4.72 Å². The van der Waals surface area contributed by atoms with Crippen molar-refractivity contribution in [2.45, 2.75) is 24.8 Å². The maximum absolute atomic E-state index is 12.1. The number of hydrogen-bond acceptors (Lipinski definition) is 3. The lowest BCUT2D eigenvalue weighted by atomic mass is 10.2. The zero-order valence-corrected chi connectivity index (χ0v) is 14.3. The van der Waals surface area contributed by atoms with Gasteiger partial charge in [0.05, 0.1) is 4.90 Å². The number of halogens is 1. The molecule has 0 radical (unpaired) electrons. The van der Waals surface area contributed by atoms with E-state index in [0.29, 0.717) is 16.3 Å². The Kier molecular flexibility index (Phi) is 5.41. The van der Waals surface area contributed by atoms with Crippen LogP contribution in [-0.4, -0.2) is 20.4 Å². The van der Waals surface area contributed by atoms with Crippen LogP contribution < -0.4 is 10.0 Å². The molecule has 0 saturated heterocycles. The van der Waals surface area contributed by atoms with Gasteiger partial charge in [-0.05, 0) is 62.4 Å². The molecule has 2 aromatic carbocycles. The Morgan fingerprint density at radius 1 is 1.00 bits per heavy atom. The number of rotatable bonds is 5. The highest BCUT2D eigenvalue weighted by Gasteiger charge is 2.15. The third-order valence-corrected chi connectivity index (χ3v) is 4.85. The summed E-state index contributed by atoms with van der Waals surface area (Å²) in [6.45, 7) is 3.50. The first-order chi connectivity index (χ1) is 10.8. The molecule has 0 spiro atoms. The van der Waals surface area contributed by atoms with E-state index in [0.717, 1.165) is 0 Å². The SMILES string of the molecule is CC(C)NS(=O)(=O)c1ccc(NC(=O)c2ccc(Cl)cc2)cc1. The van der Waals surface area contributed by atoms with E-state index >= 15 is 0 Å². The van der Waals surface area contributed by atoms with E-state index in [-0.39, 0.29) is 16.8 Å². The van der Waals surface area contributed by atoms with Gasteiger partial charge in [0.15, 0.2) is 0 Å². The maximum atomic E-state index is 12.1. The van der Waals surface area contributed by atoms with Gasteiger partial charge in [-0.1, -0.05) is 11.6 Å². The Bertz CT molecular complexity index is 785. The van der Waals surface area contributed by atoms with E-state index in [1.54, 1.807) is 50.2 Å². The van der Waals surface area contributed by atoms with Crippen LogP contribution in [-0.2, 0) is 10.0 Å². The Labute approximate surface area is 140 Å². The van der Waals surface area contributed by atoms with Gasteiger partial charge in [-0.3, -0.25) is 4.79 Å². The minimum Gasteiger partial charge on any atom is -0.322 e. The first-order valence-corrected chi connectivity index (χ1v) is 8.83. The number of amides is 1. The highest BCUT2D eigenvalue weighted by atomic mass is 35.5. The highest BCUT2D eigenvalue weighted by molar-refractivity contribution is 7.89. The van der Waals surface area contributed by atoms with Gasteiger partial charge in [0.25, 0.3) is 5.91 Å². The summed E-state index contributed by atoms with van der Waals surface area (Å²) >= 11 is 5.78. The summed E-state index contributed by atoms with van der Waals surface area (Å²) in [5, 5.41) is 3.25. The maximum Gasteiger partial charge on any atom is 0.255 e. The molecule has 0 aliphatic heterocycles. The number of carbonyl (C=O) groups excluding carboxylic acids is 1. The van der Waals surface area contributed by atoms with Crippen LogP contribution in [0.1, 0.15) is 24.2 Å². The molecule has 2 aromatic rings. The predicted molar refractivity (Wildman–Crippen MR) is 91.3 cm³/mol. The molecular weight excluding hydrogens is 336 g/mol. The molecule has 0 fully saturated rings. The second-order valence-corrected chi connectivity index (χ2v) is 7.41. The molecular formula is C16H17ClN2O3S. The van der Waals surface area contributed by atoms with Gasteiger partial charge >= 0.3 is 0 Å². The summed E-state index contributed by atoms with van der Waals surface area (Å²) in [5.41, 5.74) is 0.973. The molecule has 122 valence electrons. The summed E-state index contributed by atoms with van der Waals surface area (Å²) < 4.78 is 26.5. The molecule has 5 nitrogen and oxygen atoms in total. The number of nitrogens with one attached hydrogen (secondary N) is 2. The Morgan fingerprint density at radius 3 is 2.09 bits per heavy atom. The Balaban J connectivity index is 2.11. The number of hydrogen-bond donors (Lipinski definition) is 2. The lowest BCUT2D eigenvalue weighted by molar-refractivity contribution is 0.102. The van der Waals surface area contributed by atoms with E-state index in [2.05, 4.69) is 10.0 Å². The number of benzene rings is 2. The van der Waals surface area contributed by atoms with Crippen LogP contribution in [0.25, 0.3) is 0 Å². The van der Waals surface area contributed by atoms with Crippen molar-refractivity contribution in [3.05, 3.63) is 59.1 Å². The molecule has 0 aliphatic rings. The average Bonchev–Trinajstić information content (AvgIpc) is 2.47. The molecule has 1 amide bonds. The normalized spacial score (nSPS) is 11.5. The van der Waals surface area contributed by atoms with Crippen LogP contribution in [0.2, 0.25) is 5.02 Å². The fourth-order valence-corrected chi connectivity index (χ4v) is 3.28. The minimum atomic E-state index is -3.54. The fraction of sp³-hybridized carbons (Fsp3) is 0.188. The van der Waals surface area contributed by atoms with E-state index < -0.39 is 10.0 Å². The summed E-state index contributed by atoms with van der Waals surface area (Å²) in [6, 6.07) is 12.3. The number of sulfonamides is 1. The van der Waals surface area contributed by atoms with Crippen molar-refractivity contribution in [1.29, 1.82) is 0 Å². The summed E-state index contributed by atoms with van der Waals surface area (Å²) in [4.78, 5) is 12.2. The number of carbonyl (C=O) groups is 1. The van der Waals surface area contributed by atoms with Crippen molar-refractivity contribution in [3.63, 3.8) is 0 Å². The molecule has 0 aromatic heterocycles. The van der Waals surface area contributed by atoms with Gasteiger partial charge in [0.2, 0.25) is 10.0 Å².